The number of piperazine rings is 2. The second kappa shape index (κ2) is 28.9. The summed E-state index contributed by atoms with van der Waals surface area (Å²) in [4.78, 5) is 42.1. The molecule has 15 nitrogen and oxygen atoms in total. The molecule has 0 unspecified atom stereocenters. The predicted octanol–water partition coefficient (Wildman–Crippen LogP) is 4.92. The first-order valence-electron chi connectivity index (χ1n) is 26.2. The Morgan fingerprint density at radius 1 is 0.614 bits per heavy atom. The number of aryl methyl sites for hydroxylation is 2. The van der Waals surface area contributed by atoms with Crippen molar-refractivity contribution in [3.8, 4) is 23.7 Å². The van der Waals surface area contributed by atoms with Gasteiger partial charge in [0.25, 0.3) is 11.8 Å². The third-order valence-corrected chi connectivity index (χ3v) is 13.6. The molecule has 2 aliphatic rings. The quantitative estimate of drug-likeness (QED) is 0.122. The maximum absolute atomic E-state index is 13.9. The number of carbonyl (C=O) groups excluding carboxylic acids is 2. The van der Waals surface area contributed by atoms with E-state index in [1.807, 2.05) is 42.8 Å². The minimum Gasteiger partial charge on any atom is -1.00 e. The minimum absolute atomic E-state index is 0. The normalized spacial score (nSPS) is 14.0. The number of nitrogens with one attached hydrogen (secondary N) is 3. The van der Waals surface area contributed by atoms with Crippen LogP contribution >= 0.6 is 12.4 Å². The van der Waals surface area contributed by atoms with E-state index in [9.17, 15) is 35.9 Å². The summed E-state index contributed by atoms with van der Waals surface area (Å²) >= 11 is 0. The zero-order chi connectivity index (χ0) is 57.8. The van der Waals surface area contributed by atoms with E-state index < -0.39 is 35.3 Å². The molecule has 2 fully saturated rings. The van der Waals surface area contributed by atoms with Gasteiger partial charge in [0.2, 0.25) is 0 Å². The molecule has 0 aliphatic carbocycles. The lowest BCUT2D eigenvalue weighted by Gasteiger charge is -2.33. The minimum atomic E-state index is -4.54. The number of hydrogen-bond donors (Lipinski definition) is 4. The van der Waals surface area contributed by atoms with Crippen molar-refractivity contribution in [1.29, 1.82) is 0 Å². The van der Waals surface area contributed by atoms with E-state index in [1.54, 1.807) is 89.3 Å². The number of amides is 2. The smallest absolute Gasteiger partial charge is 0.416 e. The van der Waals surface area contributed by atoms with E-state index in [4.69, 9.17) is 5.11 Å². The van der Waals surface area contributed by atoms with E-state index in [0.29, 0.717) is 52.5 Å². The van der Waals surface area contributed by atoms with Crippen LogP contribution in [0.3, 0.4) is 0 Å². The summed E-state index contributed by atoms with van der Waals surface area (Å²) in [6.07, 6.45) is -2.56. The lowest BCUT2D eigenvalue weighted by Crippen LogP contribution is -3.11. The maximum atomic E-state index is 13.9. The first-order chi connectivity index (χ1) is 38.8. The number of likely N-dealkylation sites (N-methyl/N-ethyl adjacent to an activating group) is 2. The average molecular weight is 1180 g/mol. The highest BCUT2D eigenvalue weighted by Gasteiger charge is 2.36. The van der Waals surface area contributed by atoms with Gasteiger partial charge in [0, 0.05) is 105 Å². The summed E-state index contributed by atoms with van der Waals surface area (Å²) in [6, 6.07) is 25.2. The van der Waals surface area contributed by atoms with Crippen LogP contribution < -0.4 is 27.9 Å². The van der Waals surface area contributed by atoms with Gasteiger partial charge in [-0.05, 0) is 135 Å². The van der Waals surface area contributed by atoms with Crippen LogP contribution in [0, 0.1) is 37.5 Å². The molecule has 0 radical (unpaired) electrons. The molecule has 0 bridgehead atoms. The number of fused-ring (bicyclic) bond motifs is 2. The van der Waals surface area contributed by atoms with Gasteiger partial charge >= 0.3 is 12.4 Å². The number of imidazole rings is 2. The van der Waals surface area contributed by atoms with E-state index in [-0.39, 0.29) is 72.6 Å². The van der Waals surface area contributed by atoms with Crippen LogP contribution in [-0.2, 0) is 25.4 Å². The largest absolute Gasteiger partial charge is 1.00 e. The van der Waals surface area contributed by atoms with Crippen molar-refractivity contribution in [2.75, 3.05) is 83.7 Å². The highest BCUT2D eigenvalue weighted by molar-refractivity contribution is 6.05. The Kier molecular flexibility index (Phi) is 22.4. The second-order valence-electron chi connectivity index (χ2n) is 19.7. The summed E-state index contributed by atoms with van der Waals surface area (Å²) in [5.41, 5.74) is 5.14. The Morgan fingerprint density at radius 2 is 1.02 bits per heavy atom. The van der Waals surface area contributed by atoms with Crippen LogP contribution in [0.25, 0.3) is 11.3 Å². The van der Waals surface area contributed by atoms with Gasteiger partial charge in [-0.1, -0.05) is 36.1 Å². The molecule has 2 saturated heterocycles. The molecule has 83 heavy (non-hydrogen) atoms. The highest BCUT2D eigenvalue weighted by Crippen LogP contribution is 2.36. The van der Waals surface area contributed by atoms with Crippen molar-refractivity contribution in [2.45, 2.75) is 46.2 Å². The number of aliphatic hydroxyl groups is 1. The van der Waals surface area contributed by atoms with Crippen LogP contribution in [-0.4, -0.2) is 134 Å². The molecular formula is C60H62Cl2F6N12O3. The fourth-order valence-electron chi connectivity index (χ4n) is 8.99. The number of aliphatic hydroxyl groups excluding tert-OH is 1. The monoisotopic (exact) mass is 1180 g/mol. The van der Waals surface area contributed by atoms with Crippen molar-refractivity contribution in [2.24, 2.45) is 0 Å². The molecule has 4 aromatic heterocycles. The summed E-state index contributed by atoms with van der Waals surface area (Å²) in [7, 11) is 4.08. The van der Waals surface area contributed by atoms with Crippen molar-refractivity contribution in [1.82, 2.24) is 43.9 Å². The predicted molar refractivity (Wildman–Crippen MR) is 304 cm³/mol. The fraction of sp³-hybridized carbons (Fsp3) is 0.300. The van der Waals surface area contributed by atoms with Gasteiger partial charge in [0.05, 0.1) is 43.7 Å². The number of quaternary nitrogens is 1. The van der Waals surface area contributed by atoms with Crippen LogP contribution in [0.1, 0.15) is 83.5 Å². The molecule has 4 aromatic carbocycles. The van der Waals surface area contributed by atoms with Gasteiger partial charge in [-0.2, -0.15) is 36.5 Å². The fourth-order valence-corrected chi connectivity index (χ4v) is 8.99. The number of nitrogens with zero attached hydrogens (tertiary/aromatic N) is 9. The Morgan fingerprint density at radius 3 is 1.43 bits per heavy atom. The molecular weight excluding hydrogens is 1120 g/mol. The molecule has 0 atom stereocenters. The van der Waals surface area contributed by atoms with Crippen molar-refractivity contribution >= 4 is 46.9 Å². The van der Waals surface area contributed by atoms with E-state index in [0.717, 1.165) is 62.5 Å². The number of alkyl halides is 6. The van der Waals surface area contributed by atoms with Crippen LogP contribution in [0.15, 0.2) is 122 Å². The molecule has 4 N–H and O–H groups in total. The summed E-state index contributed by atoms with van der Waals surface area (Å²) in [6.45, 7) is 12.4. The molecule has 2 amide bonds. The molecule has 436 valence electrons. The van der Waals surface area contributed by atoms with Crippen molar-refractivity contribution in [3.63, 3.8) is 0 Å². The Balaban J connectivity index is 0.000000249. The molecule has 23 heteroatoms. The molecule has 2 aliphatic heterocycles. The zero-order valence-electron chi connectivity index (χ0n) is 46.2. The standard InChI is InChI=1S/2C29H27F3N6O.C2H6O.2ClH/c2*1-20-5-6-22(16-21(20)8-10-25-18-33-27-4-3-11-34-38(25)27)28(39)35-24-9-7-23(26(17-24)29(30,31)32)19-37-14-12-36(2)13-15-37;1-2-3;;/h2*3-7,9,11,16-18H,12-15,19H2,1-2H3,(H,35,39);3H,2H2,1H3;2*1H. The maximum Gasteiger partial charge on any atom is 0.416 e. The third kappa shape index (κ3) is 17.1. The summed E-state index contributed by atoms with van der Waals surface area (Å²) in [5, 5.41) is 21.3. The van der Waals surface area contributed by atoms with Crippen molar-refractivity contribution < 1.29 is 58.3 Å². The van der Waals surface area contributed by atoms with Crippen LogP contribution in [0.5, 0.6) is 0 Å². The highest BCUT2D eigenvalue weighted by atomic mass is 35.5. The number of aromatic nitrogens is 6. The SMILES string of the molecule is CCO.Cc1ccc(C(=O)Nc2ccc(CN3CCN(C)CC3)c(C(F)(F)F)c2)cc1C#Cc1cnc2cccnn12.Cc1ccc(C(=O)Nc2ccc(CN3CC[NH+](C)CC3)c(C(F)(F)F)c2)cc1C#Cc1cnc2cccnn12.Cl.[Cl-]. The first kappa shape index (κ1) is 64.3. The summed E-state index contributed by atoms with van der Waals surface area (Å²) in [5.74, 6) is 11.1. The van der Waals surface area contributed by atoms with Gasteiger partial charge in [-0.25, -0.2) is 19.0 Å². The number of anilines is 2. The Hall–Kier alpha value is -7.86. The third-order valence-electron chi connectivity index (χ3n) is 13.6. The second-order valence-corrected chi connectivity index (χ2v) is 19.7. The number of rotatable bonds is 8. The van der Waals surface area contributed by atoms with E-state index in [2.05, 4.69) is 66.4 Å². The van der Waals surface area contributed by atoms with Crippen LogP contribution in [0.2, 0.25) is 0 Å². The van der Waals surface area contributed by atoms with Gasteiger partial charge in [-0.3, -0.25) is 19.4 Å². The Labute approximate surface area is 489 Å². The molecule has 6 heterocycles. The Bertz CT molecular complexity index is 3430. The number of halogens is 8. The zero-order valence-corrected chi connectivity index (χ0v) is 47.7. The van der Waals surface area contributed by atoms with Gasteiger partial charge < -0.3 is 37.9 Å². The number of benzene rings is 4. The van der Waals surface area contributed by atoms with E-state index >= 15 is 0 Å². The van der Waals surface area contributed by atoms with Crippen molar-refractivity contribution in [3.05, 3.63) is 189 Å². The molecule has 0 spiro atoms. The van der Waals surface area contributed by atoms with Gasteiger partial charge in [0.1, 0.15) is 11.4 Å². The molecule has 0 saturated carbocycles. The number of carbonyl (C=O) groups is 2. The van der Waals surface area contributed by atoms with E-state index in [1.165, 1.54) is 29.2 Å². The van der Waals surface area contributed by atoms with Gasteiger partial charge in [0.15, 0.2) is 11.3 Å². The topological polar surface area (TPSA) is 153 Å². The lowest BCUT2D eigenvalue weighted by atomic mass is 10.0. The molecule has 8 aromatic rings. The average Bonchev–Trinajstić information content (AvgIpc) is 4.22. The molecule has 10 rings (SSSR count). The first-order valence-corrected chi connectivity index (χ1v) is 26.2. The van der Waals surface area contributed by atoms with Crippen LogP contribution in [0.4, 0.5) is 37.7 Å². The lowest BCUT2D eigenvalue weighted by molar-refractivity contribution is -0.884. The number of hydrogen-bond acceptors (Lipinski definition) is 10. The van der Waals surface area contributed by atoms with Gasteiger partial charge in [-0.15, -0.1) is 12.4 Å². The summed E-state index contributed by atoms with van der Waals surface area (Å²) < 4.78 is 86.9.